The fourth-order valence-electron chi connectivity index (χ4n) is 1.72. The third-order valence-electron chi connectivity index (χ3n) is 2.96. The molecule has 22 heavy (non-hydrogen) atoms. The second-order valence-electron chi connectivity index (χ2n) is 4.62. The van der Waals surface area contributed by atoms with Gasteiger partial charge in [-0.3, -0.25) is 9.59 Å². The molecule has 0 aliphatic carbocycles. The van der Waals surface area contributed by atoms with Crippen LogP contribution in [0.3, 0.4) is 0 Å². The number of nitrogens with one attached hydrogen (secondary N) is 2. The van der Waals surface area contributed by atoms with Crippen LogP contribution in [0.2, 0.25) is 0 Å². The van der Waals surface area contributed by atoms with Crippen LogP contribution in [0.25, 0.3) is 0 Å². The first-order valence-corrected chi connectivity index (χ1v) is 8.21. The van der Waals surface area contributed by atoms with Crippen molar-refractivity contribution in [3.05, 3.63) is 55.9 Å². The summed E-state index contributed by atoms with van der Waals surface area (Å²) in [6.07, 6.45) is 0. The molecule has 0 fully saturated rings. The average molecular weight is 385 g/mol. The highest BCUT2D eigenvalue weighted by Crippen LogP contribution is 2.20. The van der Waals surface area contributed by atoms with Gasteiger partial charge in [0.2, 0.25) is 0 Å². The van der Waals surface area contributed by atoms with Crippen LogP contribution < -0.4 is 10.6 Å². The largest absolute Gasteiger partial charge is 0.350 e. The Balaban J connectivity index is 1.77. The number of carbonyl (C=O) groups is 2. The maximum atomic E-state index is 13.4. The minimum atomic E-state index is -0.413. The molecule has 2 aromatic rings. The summed E-state index contributed by atoms with van der Waals surface area (Å²) in [7, 11) is 0. The molecule has 116 valence electrons. The zero-order chi connectivity index (χ0) is 16.1. The van der Waals surface area contributed by atoms with Gasteiger partial charge in [0.25, 0.3) is 11.8 Å². The van der Waals surface area contributed by atoms with Crippen molar-refractivity contribution in [2.24, 2.45) is 0 Å². The molecule has 0 unspecified atom stereocenters. The van der Waals surface area contributed by atoms with E-state index >= 15 is 0 Å². The molecule has 2 amide bonds. The van der Waals surface area contributed by atoms with E-state index in [1.54, 1.807) is 30.5 Å². The average Bonchev–Trinajstić information content (AvgIpc) is 2.92. The minimum absolute atomic E-state index is 0.197. The number of carbonyl (C=O) groups excluding carboxylic acids is 2. The second-order valence-corrected chi connectivity index (χ2v) is 6.91. The monoisotopic (exact) mass is 384 g/mol. The second kappa shape index (κ2) is 7.51. The van der Waals surface area contributed by atoms with Gasteiger partial charge in [-0.05, 0) is 46.6 Å². The van der Waals surface area contributed by atoms with E-state index in [1.165, 1.54) is 17.4 Å². The number of hydrogen-bond acceptors (Lipinski definition) is 3. The van der Waals surface area contributed by atoms with Gasteiger partial charge in [-0.15, -0.1) is 11.3 Å². The molecule has 0 radical (unpaired) electrons. The summed E-state index contributed by atoms with van der Waals surface area (Å²) in [6.45, 7) is 2.20. The zero-order valence-corrected chi connectivity index (χ0v) is 14.2. The zero-order valence-electron chi connectivity index (χ0n) is 11.8. The molecular weight excluding hydrogens is 371 g/mol. The van der Waals surface area contributed by atoms with Crippen LogP contribution in [-0.4, -0.2) is 24.9 Å². The normalized spacial score (nSPS) is 10.3. The highest BCUT2D eigenvalue weighted by atomic mass is 79.9. The van der Waals surface area contributed by atoms with Gasteiger partial charge in [-0.1, -0.05) is 6.07 Å². The van der Waals surface area contributed by atoms with Gasteiger partial charge in [0, 0.05) is 24.0 Å². The van der Waals surface area contributed by atoms with Crippen molar-refractivity contribution in [2.75, 3.05) is 13.1 Å². The smallest absolute Gasteiger partial charge is 0.252 e. The van der Waals surface area contributed by atoms with Crippen LogP contribution in [0.15, 0.2) is 33.4 Å². The fourth-order valence-corrected chi connectivity index (χ4v) is 2.86. The van der Waals surface area contributed by atoms with Gasteiger partial charge in [-0.2, -0.15) is 0 Å². The maximum Gasteiger partial charge on any atom is 0.252 e. The van der Waals surface area contributed by atoms with Crippen LogP contribution in [0, 0.1) is 12.7 Å². The molecule has 7 heteroatoms. The summed E-state index contributed by atoms with van der Waals surface area (Å²) in [5.74, 6) is -0.979. The number of amides is 2. The maximum absolute atomic E-state index is 13.4. The van der Waals surface area contributed by atoms with E-state index in [2.05, 4.69) is 26.6 Å². The van der Waals surface area contributed by atoms with E-state index in [-0.39, 0.29) is 23.9 Å². The summed E-state index contributed by atoms with van der Waals surface area (Å²) < 4.78 is 14.3. The molecule has 1 heterocycles. The molecule has 4 nitrogen and oxygen atoms in total. The van der Waals surface area contributed by atoms with E-state index in [0.717, 1.165) is 3.79 Å². The van der Waals surface area contributed by atoms with E-state index < -0.39 is 5.82 Å². The van der Waals surface area contributed by atoms with Crippen molar-refractivity contribution >= 4 is 39.1 Å². The molecule has 0 aliphatic heterocycles. The highest BCUT2D eigenvalue weighted by Gasteiger charge is 2.09. The van der Waals surface area contributed by atoms with Crippen molar-refractivity contribution < 1.29 is 14.0 Å². The quantitative estimate of drug-likeness (QED) is 0.778. The SMILES string of the molecule is Cc1ccc(C(=O)NCCNC(=O)c2csc(Br)c2)cc1F. The van der Waals surface area contributed by atoms with Crippen molar-refractivity contribution in [3.8, 4) is 0 Å². The number of rotatable bonds is 5. The van der Waals surface area contributed by atoms with Crippen molar-refractivity contribution in [2.45, 2.75) is 6.92 Å². The van der Waals surface area contributed by atoms with E-state index in [4.69, 9.17) is 0 Å². The lowest BCUT2D eigenvalue weighted by atomic mass is 10.1. The summed E-state index contributed by atoms with van der Waals surface area (Å²) >= 11 is 4.72. The third-order valence-corrected chi connectivity index (χ3v) is 4.46. The first-order chi connectivity index (χ1) is 10.5. The summed E-state index contributed by atoms with van der Waals surface area (Å²) in [4.78, 5) is 23.6. The van der Waals surface area contributed by atoms with Gasteiger partial charge < -0.3 is 10.6 Å². The Morgan fingerprint density at radius 3 is 2.32 bits per heavy atom. The van der Waals surface area contributed by atoms with E-state index in [0.29, 0.717) is 17.7 Å². The predicted octanol–water partition coefficient (Wildman–Crippen LogP) is 3.12. The minimum Gasteiger partial charge on any atom is -0.350 e. The van der Waals surface area contributed by atoms with Crippen LogP contribution in [0.4, 0.5) is 4.39 Å². The lowest BCUT2D eigenvalue weighted by Crippen LogP contribution is -2.34. The van der Waals surface area contributed by atoms with Crippen LogP contribution in [0.5, 0.6) is 0 Å². The fraction of sp³-hybridized carbons (Fsp3) is 0.200. The molecule has 0 aliphatic rings. The molecule has 0 saturated carbocycles. The predicted molar refractivity (Wildman–Crippen MR) is 87.8 cm³/mol. The molecule has 1 aromatic heterocycles. The summed E-state index contributed by atoms with van der Waals surface area (Å²) in [5, 5.41) is 7.07. The lowest BCUT2D eigenvalue weighted by molar-refractivity contribution is 0.0927. The number of halogens is 2. The van der Waals surface area contributed by atoms with Crippen LogP contribution >= 0.6 is 27.3 Å². The Morgan fingerprint density at radius 2 is 1.77 bits per heavy atom. The molecule has 0 atom stereocenters. The molecular formula is C15H14BrFN2O2S. The van der Waals surface area contributed by atoms with Crippen LogP contribution in [-0.2, 0) is 0 Å². The van der Waals surface area contributed by atoms with Gasteiger partial charge in [0.1, 0.15) is 5.82 Å². The van der Waals surface area contributed by atoms with Gasteiger partial charge in [-0.25, -0.2) is 4.39 Å². The molecule has 2 rings (SSSR count). The number of thiophene rings is 1. The van der Waals surface area contributed by atoms with Gasteiger partial charge in [0.15, 0.2) is 0 Å². The Labute approximate surface area is 139 Å². The molecule has 0 spiro atoms. The van der Waals surface area contributed by atoms with E-state index in [1.807, 2.05) is 0 Å². The number of hydrogen-bond donors (Lipinski definition) is 2. The lowest BCUT2D eigenvalue weighted by Gasteiger charge is -2.07. The van der Waals surface area contributed by atoms with Crippen molar-refractivity contribution in [3.63, 3.8) is 0 Å². The standard InChI is InChI=1S/C15H14BrFN2O2S/c1-9-2-3-10(6-12(9)17)14(20)18-4-5-19-15(21)11-7-13(16)22-8-11/h2-3,6-8H,4-5H2,1H3,(H,18,20)(H,19,21). The molecule has 2 N–H and O–H groups in total. The number of benzene rings is 1. The Morgan fingerprint density at radius 1 is 1.14 bits per heavy atom. The molecule has 0 bridgehead atoms. The first-order valence-electron chi connectivity index (χ1n) is 6.54. The van der Waals surface area contributed by atoms with Gasteiger partial charge in [0.05, 0.1) is 9.35 Å². The highest BCUT2D eigenvalue weighted by molar-refractivity contribution is 9.11. The number of aryl methyl sites for hydroxylation is 1. The van der Waals surface area contributed by atoms with Gasteiger partial charge >= 0.3 is 0 Å². The van der Waals surface area contributed by atoms with Crippen LogP contribution in [0.1, 0.15) is 26.3 Å². The molecule has 1 aromatic carbocycles. The van der Waals surface area contributed by atoms with E-state index in [9.17, 15) is 14.0 Å². The summed E-state index contributed by atoms with van der Waals surface area (Å²) in [6, 6.07) is 6.05. The summed E-state index contributed by atoms with van der Waals surface area (Å²) in [5.41, 5.74) is 1.32. The Bertz CT molecular complexity index is 703. The molecule has 0 saturated heterocycles. The van der Waals surface area contributed by atoms with Crippen molar-refractivity contribution in [1.82, 2.24) is 10.6 Å². The Kier molecular flexibility index (Phi) is 5.68. The van der Waals surface area contributed by atoms with Crippen molar-refractivity contribution in [1.29, 1.82) is 0 Å². The first kappa shape index (κ1) is 16.6. The third kappa shape index (κ3) is 4.38. The Hall–Kier alpha value is -1.73. The topological polar surface area (TPSA) is 58.2 Å².